The molecule has 1 saturated heterocycles. The van der Waals surface area contributed by atoms with E-state index in [9.17, 15) is 19.2 Å². The van der Waals surface area contributed by atoms with E-state index in [1.807, 2.05) is 22.6 Å². The molecule has 4 atom stereocenters. The van der Waals surface area contributed by atoms with Crippen LogP contribution in [0.15, 0.2) is 18.3 Å². The first-order valence-corrected chi connectivity index (χ1v) is 15.3. The van der Waals surface area contributed by atoms with Crippen LogP contribution in [0.3, 0.4) is 0 Å². The number of benzene rings is 1. The minimum Gasteiger partial charge on any atom is -0.355 e. The minimum absolute atomic E-state index is 0.00280. The number of rotatable bonds is 5. The number of hydrogen-bond donors (Lipinski definition) is 1. The number of piperidine rings is 1. The maximum absolute atomic E-state index is 14.0. The van der Waals surface area contributed by atoms with Crippen LogP contribution in [0.25, 0.3) is 10.9 Å². The van der Waals surface area contributed by atoms with Gasteiger partial charge in [-0.15, -0.1) is 0 Å². The molecule has 1 saturated carbocycles. The fraction of sp³-hybridized carbons (Fsp3) is 0.636. The fourth-order valence-corrected chi connectivity index (χ4v) is 7.33. The van der Waals surface area contributed by atoms with Gasteiger partial charge in [-0.05, 0) is 68.1 Å². The van der Waals surface area contributed by atoms with E-state index < -0.39 is 6.04 Å². The quantitative estimate of drug-likeness (QED) is 0.518. The second-order valence-electron chi connectivity index (χ2n) is 13.2. The fourth-order valence-electron chi connectivity index (χ4n) is 7.33. The van der Waals surface area contributed by atoms with E-state index in [1.54, 1.807) is 6.92 Å². The van der Waals surface area contributed by atoms with Gasteiger partial charge in [-0.2, -0.15) is 0 Å². The third kappa shape index (κ3) is 5.48. The number of nitrogens with one attached hydrogen (secondary N) is 1. The monoisotopic (exact) mass is 547 g/mol. The predicted molar refractivity (Wildman–Crippen MR) is 156 cm³/mol. The van der Waals surface area contributed by atoms with Crippen molar-refractivity contribution in [3.05, 3.63) is 35.0 Å². The summed E-state index contributed by atoms with van der Waals surface area (Å²) in [5, 5.41) is 4.07. The molecule has 40 heavy (non-hydrogen) atoms. The summed E-state index contributed by atoms with van der Waals surface area (Å²) in [5.41, 5.74) is 3.81. The van der Waals surface area contributed by atoms with Crippen LogP contribution in [0.2, 0.25) is 0 Å². The lowest BCUT2D eigenvalue weighted by Gasteiger charge is -2.27. The number of aromatic nitrogens is 1. The number of ketones is 2. The zero-order valence-corrected chi connectivity index (χ0v) is 24.8. The van der Waals surface area contributed by atoms with Gasteiger partial charge in [0.1, 0.15) is 6.54 Å². The standard InChI is InChI=1S/C33H45N3O4/c1-6-28(38)27-15-33-16-29(33)36(27)31(40)18-35-17-26(22(5)37)25-14-23(11-20(2)3)13-24(32(25)35)10-8-7-9-21(4)12-30(39)34-19-33/h13-14,17,20-21,27,29H,6-12,15-16,18-19H2,1-5H3,(H,34,39)/t21-,27+,29-,33+/m1/s1. The van der Waals surface area contributed by atoms with Crippen molar-refractivity contribution in [2.75, 3.05) is 6.54 Å². The highest BCUT2D eigenvalue weighted by Gasteiger charge is 2.66. The average Bonchev–Trinajstić information content (AvgIpc) is 3.30. The zero-order chi connectivity index (χ0) is 28.8. The van der Waals surface area contributed by atoms with E-state index >= 15 is 0 Å². The number of nitrogens with zero attached hydrogens (tertiary/aromatic N) is 2. The third-order valence-corrected chi connectivity index (χ3v) is 9.43. The van der Waals surface area contributed by atoms with Gasteiger partial charge in [0, 0.05) is 48.0 Å². The van der Waals surface area contributed by atoms with Crippen molar-refractivity contribution in [3.8, 4) is 0 Å². The van der Waals surface area contributed by atoms with E-state index in [0.29, 0.717) is 43.2 Å². The SMILES string of the molecule is CCC(=O)[C@@H]1C[C@]23CNC(=O)C[C@H](C)CCCCc4cc(CC(C)C)cc5c(C(C)=O)cn(c45)CC(=O)N1[C@@H]2C3. The van der Waals surface area contributed by atoms with Crippen LogP contribution in [0.5, 0.6) is 0 Å². The van der Waals surface area contributed by atoms with Crippen LogP contribution in [0.1, 0.15) is 101 Å². The van der Waals surface area contributed by atoms with Gasteiger partial charge in [0.25, 0.3) is 0 Å². The van der Waals surface area contributed by atoms with Gasteiger partial charge in [-0.25, -0.2) is 0 Å². The van der Waals surface area contributed by atoms with Gasteiger partial charge in [0.2, 0.25) is 11.8 Å². The summed E-state index contributed by atoms with van der Waals surface area (Å²) in [4.78, 5) is 54.4. The second-order valence-corrected chi connectivity index (χ2v) is 13.2. The summed E-state index contributed by atoms with van der Waals surface area (Å²) in [7, 11) is 0. The summed E-state index contributed by atoms with van der Waals surface area (Å²) in [6.07, 6.45) is 8.92. The van der Waals surface area contributed by atoms with Crippen LogP contribution >= 0.6 is 0 Å². The first-order valence-electron chi connectivity index (χ1n) is 15.3. The van der Waals surface area contributed by atoms with Crippen molar-refractivity contribution >= 4 is 34.3 Å². The molecule has 2 aromatic rings. The highest BCUT2D eigenvalue weighted by molar-refractivity contribution is 6.08. The highest BCUT2D eigenvalue weighted by atomic mass is 16.2. The lowest BCUT2D eigenvalue weighted by molar-refractivity contribution is -0.139. The number of aryl methyl sites for hydroxylation is 1. The molecule has 7 nitrogen and oxygen atoms in total. The number of hydrogen-bond acceptors (Lipinski definition) is 4. The Hall–Kier alpha value is -2.96. The number of carbonyl (C=O) groups excluding carboxylic acids is 4. The maximum atomic E-state index is 14.0. The molecule has 0 spiro atoms. The van der Waals surface area contributed by atoms with Crippen molar-refractivity contribution in [1.29, 1.82) is 0 Å². The molecule has 0 unspecified atom stereocenters. The van der Waals surface area contributed by atoms with Gasteiger partial charge >= 0.3 is 0 Å². The lowest BCUT2D eigenvalue weighted by atomic mass is 9.93. The average molecular weight is 548 g/mol. The van der Waals surface area contributed by atoms with Crippen LogP contribution in [0, 0.1) is 17.3 Å². The van der Waals surface area contributed by atoms with Crippen molar-refractivity contribution in [2.24, 2.45) is 17.3 Å². The van der Waals surface area contributed by atoms with E-state index in [0.717, 1.165) is 49.4 Å². The van der Waals surface area contributed by atoms with Crippen LogP contribution < -0.4 is 5.32 Å². The summed E-state index contributed by atoms with van der Waals surface area (Å²) < 4.78 is 1.97. The summed E-state index contributed by atoms with van der Waals surface area (Å²) in [6.45, 7) is 10.6. The number of carbonyl (C=O) groups is 4. The molecule has 2 bridgehead atoms. The first-order chi connectivity index (χ1) is 19.0. The Morgan fingerprint density at radius 2 is 1.93 bits per heavy atom. The van der Waals surface area contributed by atoms with Crippen LogP contribution in [-0.2, 0) is 33.8 Å². The van der Waals surface area contributed by atoms with Crippen molar-refractivity contribution in [3.63, 3.8) is 0 Å². The van der Waals surface area contributed by atoms with Gasteiger partial charge in [-0.1, -0.05) is 46.6 Å². The molecule has 3 aliphatic rings. The van der Waals surface area contributed by atoms with Crippen molar-refractivity contribution < 1.29 is 19.2 Å². The highest BCUT2D eigenvalue weighted by Crippen LogP contribution is 2.59. The summed E-state index contributed by atoms with van der Waals surface area (Å²) in [5.74, 6) is 0.838. The third-order valence-electron chi connectivity index (χ3n) is 9.43. The molecule has 1 aliphatic carbocycles. The van der Waals surface area contributed by atoms with Gasteiger partial charge in [-0.3, -0.25) is 19.2 Å². The Morgan fingerprint density at radius 1 is 1.15 bits per heavy atom. The first kappa shape index (κ1) is 28.6. The molecule has 3 heterocycles. The molecule has 0 radical (unpaired) electrons. The Balaban J connectivity index is 1.58. The molecule has 2 fully saturated rings. The molecular weight excluding hydrogens is 502 g/mol. The topological polar surface area (TPSA) is 88.5 Å². The van der Waals surface area contributed by atoms with E-state index in [2.05, 4.69) is 38.2 Å². The molecule has 7 heteroatoms. The molecule has 1 N–H and O–H groups in total. The Labute approximate surface area is 238 Å². The predicted octanol–water partition coefficient (Wildman–Crippen LogP) is 5.25. The molecule has 5 rings (SSSR count). The zero-order valence-electron chi connectivity index (χ0n) is 24.8. The number of amides is 2. The molecule has 2 amide bonds. The van der Waals surface area contributed by atoms with Gasteiger partial charge < -0.3 is 14.8 Å². The molecular formula is C33H45N3O4. The molecule has 2 aliphatic heterocycles. The normalized spacial score (nSPS) is 27.4. The van der Waals surface area contributed by atoms with E-state index in [4.69, 9.17) is 0 Å². The molecule has 216 valence electrons. The molecule has 1 aromatic carbocycles. The van der Waals surface area contributed by atoms with E-state index in [1.165, 1.54) is 11.1 Å². The Morgan fingerprint density at radius 3 is 2.62 bits per heavy atom. The van der Waals surface area contributed by atoms with Crippen molar-refractivity contribution in [2.45, 2.75) is 111 Å². The summed E-state index contributed by atoms with van der Waals surface area (Å²) in [6, 6.07) is 3.94. The Kier molecular flexibility index (Phi) is 7.95. The smallest absolute Gasteiger partial charge is 0.243 e. The lowest BCUT2D eigenvalue weighted by Crippen LogP contribution is -2.44. The van der Waals surface area contributed by atoms with E-state index in [-0.39, 0.29) is 41.4 Å². The largest absolute Gasteiger partial charge is 0.355 e. The maximum Gasteiger partial charge on any atom is 0.243 e. The second kappa shape index (κ2) is 11.1. The number of Topliss-reactive ketones (excluding diaryl/α,β-unsaturated/α-hetero) is 2. The van der Waals surface area contributed by atoms with Crippen LogP contribution in [0.4, 0.5) is 0 Å². The minimum atomic E-state index is -0.447. The molecule has 1 aromatic heterocycles. The Bertz CT molecular complexity index is 1340. The van der Waals surface area contributed by atoms with Crippen LogP contribution in [-0.4, -0.2) is 51.5 Å². The van der Waals surface area contributed by atoms with Gasteiger partial charge in [0.15, 0.2) is 11.6 Å². The van der Waals surface area contributed by atoms with Crippen molar-refractivity contribution in [1.82, 2.24) is 14.8 Å². The van der Waals surface area contributed by atoms with Gasteiger partial charge in [0.05, 0.1) is 11.6 Å². The summed E-state index contributed by atoms with van der Waals surface area (Å²) >= 11 is 0.